The van der Waals surface area contributed by atoms with Crippen LogP contribution in [0.5, 0.6) is 0 Å². The zero-order chi connectivity index (χ0) is 19.8. The average Bonchev–Trinajstić information content (AvgIpc) is 3.09. The lowest BCUT2D eigenvalue weighted by atomic mass is 9.91. The third kappa shape index (κ3) is 3.84. The highest BCUT2D eigenvalue weighted by Crippen LogP contribution is 2.39. The van der Waals surface area contributed by atoms with Crippen LogP contribution in [0.3, 0.4) is 0 Å². The van der Waals surface area contributed by atoms with E-state index in [1.54, 1.807) is 12.1 Å². The summed E-state index contributed by atoms with van der Waals surface area (Å²) in [5, 5.41) is 0. The summed E-state index contributed by atoms with van der Waals surface area (Å²) >= 11 is 1.48. The number of piperidine rings is 1. The van der Waals surface area contributed by atoms with Gasteiger partial charge in [-0.25, -0.2) is 8.70 Å². The number of aromatic nitrogens is 1. The Balaban J connectivity index is 1.22. The first-order valence-corrected chi connectivity index (χ1v) is 10.7. The van der Waals surface area contributed by atoms with Crippen molar-refractivity contribution in [1.29, 1.82) is 0 Å². The Bertz CT molecular complexity index is 874. The van der Waals surface area contributed by atoms with Crippen LogP contribution in [0.2, 0.25) is 0 Å². The first-order valence-electron chi connectivity index (χ1n) is 9.91. The predicted molar refractivity (Wildman–Crippen MR) is 109 cm³/mol. The molecule has 5 rings (SSSR count). The maximum Gasteiger partial charge on any atom is 0.239 e. The summed E-state index contributed by atoms with van der Waals surface area (Å²) in [7, 11) is 0. The van der Waals surface area contributed by atoms with Crippen molar-refractivity contribution in [2.75, 3.05) is 37.6 Å². The van der Waals surface area contributed by atoms with Gasteiger partial charge in [-0.2, -0.15) is 0 Å². The van der Waals surface area contributed by atoms with E-state index in [4.69, 9.17) is 4.74 Å². The Morgan fingerprint density at radius 2 is 1.83 bits per heavy atom. The van der Waals surface area contributed by atoms with E-state index in [2.05, 4.69) is 9.88 Å². The number of nitrogens with zero attached hydrogens (tertiary/aromatic N) is 4. The second kappa shape index (κ2) is 7.59. The Morgan fingerprint density at radius 3 is 2.55 bits per heavy atom. The van der Waals surface area contributed by atoms with Crippen molar-refractivity contribution in [3.8, 4) is 0 Å². The lowest BCUT2D eigenvalue weighted by Gasteiger charge is -2.39. The molecule has 1 unspecified atom stereocenters. The van der Waals surface area contributed by atoms with Gasteiger partial charge in [-0.1, -0.05) is 0 Å². The van der Waals surface area contributed by atoms with E-state index in [0.29, 0.717) is 19.6 Å². The van der Waals surface area contributed by atoms with E-state index in [9.17, 15) is 9.18 Å². The molecule has 1 aromatic carbocycles. The molecule has 0 aliphatic carbocycles. The zero-order valence-corrected chi connectivity index (χ0v) is 16.9. The minimum atomic E-state index is -0.255. The molecule has 2 aromatic rings. The largest absolute Gasteiger partial charge is 0.371 e. The molecule has 0 N–H and O–H groups in total. The molecule has 8 heteroatoms. The fourth-order valence-corrected chi connectivity index (χ4v) is 5.32. The van der Waals surface area contributed by atoms with E-state index in [1.165, 1.54) is 29.8 Å². The van der Waals surface area contributed by atoms with Crippen molar-refractivity contribution < 1.29 is 13.9 Å². The van der Waals surface area contributed by atoms with Gasteiger partial charge >= 0.3 is 0 Å². The third-order valence-corrected chi connectivity index (χ3v) is 6.95. The lowest BCUT2D eigenvalue weighted by Crippen LogP contribution is -2.52. The highest BCUT2D eigenvalue weighted by molar-refractivity contribution is 7.97. The van der Waals surface area contributed by atoms with Crippen LogP contribution >= 0.6 is 11.9 Å². The number of benzene rings is 1. The minimum absolute atomic E-state index is 0.101. The molecule has 3 aliphatic rings. The van der Waals surface area contributed by atoms with Crippen LogP contribution < -0.4 is 4.90 Å². The van der Waals surface area contributed by atoms with Crippen molar-refractivity contribution >= 4 is 23.5 Å². The fraction of sp³-hybridized carbons (Fsp3) is 0.429. The number of rotatable bonds is 3. The van der Waals surface area contributed by atoms with Gasteiger partial charge in [-0.15, -0.1) is 0 Å². The highest BCUT2D eigenvalue weighted by Gasteiger charge is 2.50. The van der Waals surface area contributed by atoms with Crippen LogP contribution in [0.4, 0.5) is 10.1 Å². The summed E-state index contributed by atoms with van der Waals surface area (Å²) in [6.07, 6.45) is 5.23. The van der Waals surface area contributed by atoms with Crippen molar-refractivity contribution in [2.45, 2.75) is 29.6 Å². The van der Waals surface area contributed by atoms with Crippen LogP contribution in [0, 0.1) is 5.82 Å². The summed E-state index contributed by atoms with van der Waals surface area (Å²) in [5.74, 6) is -0.154. The Morgan fingerprint density at radius 1 is 1.10 bits per heavy atom. The highest BCUT2D eigenvalue weighted by atomic mass is 32.2. The number of ether oxygens (including phenoxy) is 1. The van der Waals surface area contributed by atoms with E-state index >= 15 is 0 Å². The molecule has 0 bridgehead atoms. The van der Waals surface area contributed by atoms with Gasteiger partial charge in [0.1, 0.15) is 12.0 Å². The number of piperazine rings is 1. The van der Waals surface area contributed by atoms with Gasteiger partial charge in [0.05, 0.1) is 25.2 Å². The second-order valence-corrected chi connectivity index (χ2v) is 9.01. The molecule has 3 aliphatic heterocycles. The fourth-order valence-electron chi connectivity index (χ4n) is 4.38. The predicted octanol–water partition coefficient (Wildman–Crippen LogP) is 2.77. The van der Waals surface area contributed by atoms with Crippen LogP contribution in [0.1, 0.15) is 12.8 Å². The van der Waals surface area contributed by atoms with Crippen molar-refractivity contribution in [3.05, 3.63) is 54.6 Å². The number of carbonyl (C=O) groups is 1. The normalized spacial score (nSPS) is 24.2. The Labute approximate surface area is 173 Å². The SMILES string of the molecule is O=C1CN(Sc2ccc(F)cc2)CC2OC3(CCN(c4ccncc4)CC3)CN12. The number of halogens is 1. The number of carbonyl (C=O) groups excluding carboxylic acids is 1. The smallest absolute Gasteiger partial charge is 0.239 e. The summed E-state index contributed by atoms with van der Waals surface area (Å²) in [6, 6.07) is 10.4. The van der Waals surface area contributed by atoms with Gasteiger partial charge in [0.2, 0.25) is 5.91 Å². The quantitative estimate of drug-likeness (QED) is 0.720. The standard InChI is InChI=1S/C21H23FN4O2S/c22-16-1-3-18(4-2-16)29-25-13-19(27)26-15-21(28-20(26)14-25)7-11-24(12-8-21)17-5-9-23-10-6-17/h1-6,9-10,20H,7-8,11-15H2. The molecule has 1 amide bonds. The molecule has 4 heterocycles. The van der Waals surface area contributed by atoms with Crippen molar-refractivity contribution in [3.63, 3.8) is 0 Å². The van der Waals surface area contributed by atoms with Crippen molar-refractivity contribution in [2.24, 2.45) is 0 Å². The average molecular weight is 415 g/mol. The van der Waals surface area contributed by atoms with Gasteiger partial charge in [0.25, 0.3) is 0 Å². The van der Waals surface area contributed by atoms with Crippen LogP contribution in [-0.4, -0.2) is 64.6 Å². The second-order valence-electron chi connectivity index (χ2n) is 7.84. The van der Waals surface area contributed by atoms with E-state index in [-0.39, 0.29) is 23.6 Å². The molecule has 3 saturated heterocycles. The monoisotopic (exact) mass is 414 g/mol. The zero-order valence-electron chi connectivity index (χ0n) is 16.0. The number of hydrogen-bond acceptors (Lipinski definition) is 6. The number of fused-ring (bicyclic) bond motifs is 1. The van der Waals surface area contributed by atoms with Crippen LogP contribution in [0.15, 0.2) is 53.7 Å². The van der Waals surface area contributed by atoms with E-state index in [1.807, 2.05) is 33.7 Å². The summed E-state index contributed by atoms with van der Waals surface area (Å²) in [4.78, 5) is 22.0. The summed E-state index contributed by atoms with van der Waals surface area (Å²) < 4.78 is 21.6. The maximum absolute atomic E-state index is 13.1. The number of anilines is 1. The molecule has 1 aromatic heterocycles. The number of pyridine rings is 1. The van der Waals surface area contributed by atoms with E-state index < -0.39 is 0 Å². The molecule has 0 radical (unpaired) electrons. The van der Waals surface area contributed by atoms with Crippen molar-refractivity contribution in [1.82, 2.24) is 14.2 Å². The molecule has 6 nitrogen and oxygen atoms in total. The Hall–Kier alpha value is -2.16. The summed E-state index contributed by atoms with van der Waals surface area (Å²) in [5.41, 5.74) is 0.934. The van der Waals surface area contributed by atoms with Gasteiger partial charge in [0.15, 0.2) is 0 Å². The molecular formula is C21H23FN4O2S. The van der Waals surface area contributed by atoms with Gasteiger partial charge in [0, 0.05) is 36.1 Å². The molecule has 29 heavy (non-hydrogen) atoms. The molecule has 152 valence electrons. The van der Waals surface area contributed by atoms with E-state index in [0.717, 1.165) is 30.8 Å². The molecule has 1 atom stereocenters. The number of amides is 1. The molecule has 3 fully saturated rings. The van der Waals surface area contributed by atoms with Crippen LogP contribution in [-0.2, 0) is 9.53 Å². The topological polar surface area (TPSA) is 48.9 Å². The van der Waals surface area contributed by atoms with Crippen LogP contribution in [0.25, 0.3) is 0 Å². The minimum Gasteiger partial charge on any atom is -0.371 e. The first kappa shape index (κ1) is 18.8. The molecule has 1 spiro atoms. The van der Waals surface area contributed by atoms with Gasteiger partial charge < -0.3 is 14.5 Å². The maximum atomic E-state index is 13.1. The summed E-state index contributed by atoms with van der Waals surface area (Å²) in [6.45, 7) is 3.50. The lowest BCUT2D eigenvalue weighted by molar-refractivity contribution is -0.144. The Kier molecular flexibility index (Phi) is 4.93. The van der Waals surface area contributed by atoms with Gasteiger partial charge in [-0.05, 0) is 61.2 Å². The molecular weight excluding hydrogens is 391 g/mol. The third-order valence-electron chi connectivity index (χ3n) is 5.93. The molecule has 0 saturated carbocycles. The van der Waals surface area contributed by atoms with Gasteiger partial charge in [-0.3, -0.25) is 9.78 Å². The first-order chi connectivity index (χ1) is 14.1. The number of hydrogen-bond donors (Lipinski definition) is 0.